The molecule has 0 aliphatic rings. The van der Waals surface area contributed by atoms with Crippen LogP contribution >= 0.6 is 15.9 Å². The van der Waals surface area contributed by atoms with Crippen molar-refractivity contribution >= 4 is 21.9 Å². The molecule has 0 aromatic heterocycles. The van der Waals surface area contributed by atoms with Crippen LogP contribution in [-0.2, 0) is 9.53 Å². The van der Waals surface area contributed by atoms with Crippen LogP contribution in [0, 0.1) is 0 Å². The highest BCUT2D eigenvalue weighted by molar-refractivity contribution is 9.10. The maximum Gasteiger partial charge on any atom is 0.322 e. The third-order valence-electron chi connectivity index (χ3n) is 2.33. The summed E-state index contributed by atoms with van der Waals surface area (Å²) >= 11 is 3.19. The average Bonchev–Trinajstić information content (AvgIpc) is 2.17. The average molecular weight is 281 g/mol. The third-order valence-corrected chi connectivity index (χ3v) is 3.69. The molecule has 15 heavy (non-hydrogen) atoms. The molecule has 2 atom stereocenters. The maximum atomic E-state index is 11.4. The molecular formula is C11H21BrO3. The van der Waals surface area contributed by atoms with Crippen molar-refractivity contribution in [2.75, 3.05) is 6.61 Å². The van der Waals surface area contributed by atoms with Gasteiger partial charge in [0.25, 0.3) is 0 Å². The standard InChI is InChI=1S/C11H21BrO3/c1-4-6-7-8-11(3,14)9(12)10(13)15-5-2/h9,14H,4-8H2,1-3H3/t9-,11-/m0/s1. The summed E-state index contributed by atoms with van der Waals surface area (Å²) in [7, 11) is 0. The Kier molecular flexibility index (Phi) is 7.18. The Morgan fingerprint density at radius 1 is 1.47 bits per heavy atom. The van der Waals surface area contributed by atoms with Gasteiger partial charge in [-0.25, -0.2) is 0 Å². The van der Waals surface area contributed by atoms with Gasteiger partial charge in [0.2, 0.25) is 0 Å². The van der Waals surface area contributed by atoms with Crippen LogP contribution in [0.5, 0.6) is 0 Å². The van der Waals surface area contributed by atoms with E-state index in [1.165, 1.54) is 0 Å². The van der Waals surface area contributed by atoms with Gasteiger partial charge in [-0.3, -0.25) is 4.79 Å². The van der Waals surface area contributed by atoms with Crippen molar-refractivity contribution in [3.05, 3.63) is 0 Å². The van der Waals surface area contributed by atoms with Crippen molar-refractivity contribution in [2.45, 2.75) is 56.9 Å². The SMILES string of the molecule is CCCCC[C@](C)(O)[C@@H](Br)C(=O)OCC. The van der Waals surface area contributed by atoms with Gasteiger partial charge in [0.1, 0.15) is 4.83 Å². The summed E-state index contributed by atoms with van der Waals surface area (Å²) < 4.78 is 4.85. The zero-order valence-corrected chi connectivity index (χ0v) is 11.3. The number of alkyl halides is 1. The second-order valence-electron chi connectivity index (χ2n) is 3.93. The molecule has 90 valence electrons. The molecule has 0 saturated carbocycles. The first-order valence-corrected chi connectivity index (χ1v) is 6.40. The molecule has 0 rings (SSSR count). The molecule has 4 heteroatoms. The Bertz CT molecular complexity index is 192. The fourth-order valence-corrected chi connectivity index (χ4v) is 1.69. The fourth-order valence-electron chi connectivity index (χ4n) is 1.33. The third kappa shape index (κ3) is 5.52. The highest BCUT2D eigenvalue weighted by Gasteiger charge is 2.35. The van der Waals surface area contributed by atoms with E-state index in [-0.39, 0.29) is 5.97 Å². The summed E-state index contributed by atoms with van der Waals surface area (Å²) in [6.07, 6.45) is 3.70. The number of carbonyl (C=O) groups excluding carboxylic acids is 1. The number of hydrogen-bond acceptors (Lipinski definition) is 3. The summed E-state index contributed by atoms with van der Waals surface area (Å²) in [5.41, 5.74) is -1.03. The van der Waals surface area contributed by atoms with Crippen molar-refractivity contribution in [3.8, 4) is 0 Å². The first kappa shape index (κ1) is 14.9. The lowest BCUT2D eigenvalue weighted by molar-refractivity contribution is -0.146. The highest BCUT2D eigenvalue weighted by Crippen LogP contribution is 2.25. The zero-order valence-electron chi connectivity index (χ0n) is 9.75. The number of halogens is 1. The minimum Gasteiger partial charge on any atom is -0.465 e. The number of rotatable bonds is 7. The van der Waals surface area contributed by atoms with Crippen LogP contribution in [0.2, 0.25) is 0 Å². The number of esters is 1. The van der Waals surface area contributed by atoms with E-state index in [2.05, 4.69) is 22.9 Å². The Hall–Kier alpha value is -0.0900. The van der Waals surface area contributed by atoms with Gasteiger partial charge in [0, 0.05) is 0 Å². The van der Waals surface area contributed by atoms with Gasteiger partial charge in [-0.2, -0.15) is 0 Å². The molecule has 0 aromatic carbocycles. The van der Waals surface area contributed by atoms with Gasteiger partial charge < -0.3 is 9.84 Å². The lowest BCUT2D eigenvalue weighted by atomic mass is 9.95. The number of ether oxygens (including phenoxy) is 1. The molecule has 0 aromatic rings. The predicted molar refractivity (Wildman–Crippen MR) is 64.1 cm³/mol. The van der Waals surface area contributed by atoms with Gasteiger partial charge in [-0.15, -0.1) is 0 Å². The van der Waals surface area contributed by atoms with Crippen molar-refractivity contribution in [3.63, 3.8) is 0 Å². The summed E-state index contributed by atoms with van der Waals surface area (Å²) in [6, 6.07) is 0. The smallest absolute Gasteiger partial charge is 0.322 e. The minimum atomic E-state index is -1.03. The number of unbranched alkanes of at least 4 members (excludes halogenated alkanes) is 2. The zero-order chi connectivity index (χ0) is 11.9. The Morgan fingerprint density at radius 2 is 2.07 bits per heavy atom. The van der Waals surface area contributed by atoms with E-state index in [9.17, 15) is 9.90 Å². The first-order chi connectivity index (χ1) is 6.95. The fraction of sp³-hybridized carbons (Fsp3) is 0.909. The summed E-state index contributed by atoms with van der Waals surface area (Å²) in [5, 5.41) is 10.1. The highest BCUT2D eigenvalue weighted by atomic mass is 79.9. The molecule has 3 nitrogen and oxygen atoms in total. The lowest BCUT2D eigenvalue weighted by Gasteiger charge is -2.27. The molecule has 0 heterocycles. The Morgan fingerprint density at radius 3 is 2.53 bits per heavy atom. The summed E-state index contributed by atoms with van der Waals surface area (Å²) in [4.78, 5) is 10.8. The predicted octanol–water partition coefficient (Wildman–Crippen LogP) is 2.64. The number of carbonyl (C=O) groups is 1. The molecule has 0 aliphatic carbocycles. The van der Waals surface area contributed by atoms with Crippen LogP contribution in [0.25, 0.3) is 0 Å². The second kappa shape index (κ2) is 7.23. The molecule has 0 saturated heterocycles. The van der Waals surface area contributed by atoms with Crippen molar-refractivity contribution in [1.29, 1.82) is 0 Å². The largest absolute Gasteiger partial charge is 0.465 e. The van der Waals surface area contributed by atoms with Gasteiger partial charge in [0.15, 0.2) is 0 Å². The molecular weight excluding hydrogens is 260 g/mol. The van der Waals surface area contributed by atoms with Gasteiger partial charge in [0.05, 0.1) is 12.2 Å². The first-order valence-electron chi connectivity index (χ1n) is 5.48. The molecule has 0 radical (unpaired) electrons. The topological polar surface area (TPSA) is 46.5 Å². The summed E-state index contributed by atoms with van der Waals surface area (Å²) in [6.45, 7) is 5.86. The maximum absolute atomic E-state index is 11.4. The van der Waals surface area contributed by atoms with Crippen LogP contribution in [0.3, 0.4) is 0 Å². The quantitative estimate of drug-likeness (QED) is 0.443. The number of hydrogen-bond donors (Lipinski definition) is 1. The molecule has 0 fully saturated rings. The van der Waals surface area contributed by atoms with Crippen LogP contribution in [0.1, 0.15) is 46.5 Å². The van der Waals surface area contributed by atoms with E-state index in [0.717, 1.165) is 19.3 Å². The Labute approximate surface area is 100 Å². The van der Waals surface area contributed by atoms with Crippen LogP contribution < -0.4 is 0 Å². The van der Waals surface area contributed by atoms with E-state index >= 15 is 0 Å². The number of aliphatic hydroxyl groups is 1. The van der Waals surface area contributed by atoms with E-state index in [1.807, 2.05) is 0 Å². The molecule has 0 aliphatic heterocycles. The molecule has 1 N–H and O–H groups in total. The molecule has 0 amide bonds. The van der Waals surface area contributed by atoms with Crippen molar-refractivity contribution in [1.82, 2.24) is 0 Å². The Balaban J connectivity index is 4.11. The second-order valence-corrected chi connectivity index (χ2v) is 4.84. The van der Waals surface area contributed by atoms with Gasteiger partial charge >= 0.3 is 5.97 Å². The normalized spacial score (nSPS) is 16.9. The van der Waals surface area contributed by atoms with E-state index < -0.39 is 10.4 Å². The van der Waals surface area contributed by atoms with Crippen LogP contribution in [0.4, 0.5) is 0 Å². The van der Waals surface area contributed by atoms with Crippen molar-refractivity contribution < 1.29 is 14.6 Å². The minimum absolute atomic E-state index is 0.339. The monoisotopic (exact) mass is 280 g/mol. The van der Waals surface area contributed by atoms with E-state index in [4.69, 9.17) is 4.74 Å². The molecule has 0 spiro atoms. The van der Waals surface area contributed by atoms with Crippen molar-refractivity contribution in [2.24, 2.45) is 0 Å². The van der Waals surface area contributed by atoms with Gasteiger partial charge in [-0.05, 0) is 20.3 Å². The summed E-state index contributed by atoms with van der Waals surface area (Å²) in [5.74, 6) is -0.390. The van der Waals surface area contributed by atoms with Gasteiger partial charge in [-0.1, -0.05) is 42.1 Å². The molecule has 0 bridgehead atoms. The van der Waals surface area contributed by atoms with E-state index in [0.29, 0.717) is 13.0 Å². The lowest BCUT2D eigenvalue weighted by Crippen LogP contribution is -2.41. The van der Waals surface area contributed by atoms with E-state index in [1.54, 1.807) is 13.8 Å². The molecule has 0 unspecified atom stereocenters. The van der Waals surface area contributed by atoms with Crippen LogP contribution in [0.15, 0.2) is 0 Å². The van der Waals surface area contributed by atoms with Crippen LogP contribution in [-0.4, -0.2) is 28.1 Å².